The van der Waals surface area contributed by atoms with Crippen molar-refractivity contribution in [3.63, 3.8) is 0 Å². The molecular formula is C27H25F2N7O5S2. The minimum atomic E-state index is -4.50. The van der Waals surface area contributed by atoms with E-state index in [1.165, 1.54) is 30.9 Å². The molecular weight excluding hydrogens is 604 g/mol. The summed E-state index contributed by atoms with van der Waals surface area (Å²) in [5.41, 5.74) is 0.410. The highest BCUT2D eigenvalue weighted by Crippen LogP contribution is 2.41. The summed E-state index contributed by atoms with van der Waals surface area (Å²) in [7, 11) is -4.50. The van der Waals surface area contributed by atoms with Gasteiger partial charge in [-0.05, 0) is 55.9 Å². The van der Waals surface area contributed by atoms with Gasteiger partial charge in [-0.25, -0.2) is 37.1 Å². The van der Waals surface area contributed by atoms with Crippen LogP contribution in [0.15, 0.2) is 54.6 Å². The highest BCUT2D eigenvalue weighted by molar-refractivity contribution is 8.05. The fourth-order valence-electron chi connectivity index (χ4n) is 5.03. The molecule has 4 aromatic rings. The number of ether oxygens (including phenoxy) is 1. The molecule has 1 fully saturated rings. The van der Waals surface area contributed by atoms with E-state index in [0.717, 1.165) is 43.2 Å². The minimum absolute atomic E-state index is 0.0248. The number of carboxylic acids is 1. The van der Waals surface area contributed by atoms with E-state index in [-0.39, 0.29) is 12.0 Å². The maximum absolute atomic E-state index is 15.8. The number of hydrogen-bond donors (Lipinski definition) is 3. The van der Waals surface area contributed by atoms with Crippen LogP contribution in [-0.4, -0.2) is 60.6 Å². The maximum atomic E-state index is 15.8. The molecule has 3 aromatic heterocycles. The lowest BCUT2D eigenvalue weighted by Crippen LogP contribution is -2.48. The molecule has 3 unspecified atom stereocenters. The summed E-state index contributed by atoms with van der Waals surface area (Å²) in [6, 6.07) is 5.08. The zero-order chi connectivity index (χ0) is 30.4. The third kappa shape index (κ3) is 5.08. The fourth-order valence-corrected chi connectivity index (χ4v) is 7.94. The van der Waals surface area contributed by atoms with Crippen LogP contribution in [0, 0.1) is 11.6 Å². The number of benzene rings is 1. The van der Waals surface area contributed by atoms with Crippen LogP contribution in [0.2, 0.25) is 0 Å². The van der Waals surface area contributed by atoms with E-state index >= 15 is 8.78 Å². The van der Waals surface area contributed by atoms with Gasteiger partial charge in [0.2, 0.25) is 10.0 Å². The van der Waals surface area contributed by atoms with Crippen LogP contribution < -0.4 is 10.0 Å². The summed E-state index contributed by atoms with van der Waals surface area (Å²) < 4.78 is 65.2. The van der Waals surface area contributed by atoms with Gasteiger partial charge in [0.15, 0.2) is 11.5 Å². The molecule has 0 radical (unpaired) electrons. The van der Waals surface area contributed by atoms with Gasteiger partial charge in [0.1, 0.15) is 51.1 Å². The number of fused-ring (bicyclic) bond motifs is 1. The molecule has 6 rings (SSSR count). The number of nitrogens with one attached hydrogen (secondary N) is 2. The third-order valence-corrected chi connectivity index (χ3v) is 10.8. The lowest BCUT2D eigenvalue weighted by Gasteiger charge is -2.27. The Morgan fingerprint density at radius 2 is 2.02 bits per heavy atom. The van der Waals surface area contributed by atoms with Gasteiger partial charge in [-0.2, -0.15) is 0 Å². The molecule has 43 heavy (non-hydrogen) atoms. The first-order valence-electron chi connectivity index (χ1n) is 13.2. The quantitative estimate of drug-likeness (QED) is 0.245. The molecule has 3 N–H and O–H groups in total. The zero-order valence-corrected chi connectivity index (χ0v) is 24.2. The van der Waals surface area contributed by atoms with Crippen LogP contribution >= 0.6 is 11.8 Å². The van der Waals surface area contributed by atoms with Crippen molar-refractivity contribution in [1.82, 2.24) is 24.5 Å². The summed E-state index contributed by atoms with van der Waals surface area (Å²) in [4.78, 5) is 29.2. The van der Waals surface area contributed by atoms with E-state index in [2.05, 4.69) is 30.0 Å². The summed E-state index contributed by atoms with van der Waals surface area (Å²) in [6.45, 7) is 1.84. The van der Waals surface area contributed by atoms with Crippen LogP contribution in [-0.2, 0) is 19.6 Å². The number of aliphatic carboxylic acids is 1. The first-order chi connectivity index (χ1) is 20.6. The van der Waals surface area contributed by atoms with E-state index < -0.39 is 49.0 Å². The topological polar surface area (TPSA) is 161 Å². The van der Waals surface area contributed by atoms with Crippen LogP contribution in [0.25, 0.3) is 22.4 Å². The molecule has 12 nitrogen and oxygen atoms in total. The molecule has 1 aromatic carbocycles. The highest BCUT2D eigenvalue weighted by atomic mass is 32.2. The summed E-state index contributed by atoms with van der Waals surface area (Å²) in [5.74, 6) is -3.59. The van der Waals surface area contributed by atoms with Crippen LogP contribution in [0.3, 0.4) is 0 Å². The second-order valence-electron chi connectivity index (χ2n) is 10.1. The van der Waals surface area contributed by atoms with Crippen molar-refractivity contribution >= 4 is 56.1 Å². The van der Waals surface area contributed by atoms with E-state index in [0.29, 0.717) is 29.0 Å². The third-order valence-electron chi connectivity index (χ3n) is 7.40. The molecule has 2 aliphatic rings. The summed E-state index contributed by atoms with van der Waals surface area (Å²) in [6.07, 6.45) is 8.16. The van der Waals surface area contributed by atoms with Gasteiger partial charge >= 0.3 is 5.97 Å². The van der Waals surface area contributed by atoms with Gasteiger partial charge < -0.3 is 15.2 Å². The highest BCUT2D eigenvalue weighted by Gasteiger charge is 2.51. The first-order valence-corrected chi connectivity index (χ1v) is 15.6. The number of carbonyl (C=O) groups is 1. The van der Waals surface area contributed by atoms with Crippen LogP contribution in [0.5, 0.6) is 0 Å². The fraction of sp³-hybridized carbons (Fsp3) is 0.296. The Balaban J connectivity index is 1.35. The predicted molar refractivity (Wildman–Crippen MR) is 156 cm³/mol. The molecule has 1 saturated heterocycles. The SMILES string of the molecule is CC1(S(=O)(=O)Nc2ccc(F)c(Nc3ncccc3-c3ncnc4c3ncn4C3CCCCO3)c2F)C=CSC1C(=O)O. The molecule has 16 heteroatoms. The van der Waals surface area contributed by atoms with Crippen molar-refractivity contribution in [1.29, 1.82) is 0 Å². The lowest BCUT2D eigenvalue weighted by atomic mass is 10.1. The number of carboxylic acid groups (broad SMARTS) is 1. The molecule has 0 spiro atoms. The van der Waals surface area contributed by atoms with Gasteiger partial charge in [0.05, 0.1) is 12.0 Å². The molecule has 3 atom stereocenters. The molecule has 2 aliphatic heterocycles. The number of nitrogens with zero attached hydrogens (tertiary/aromatic N) is 5. The maximum Gasteiger partial charge on any atom is 0.319 e. The Morgan fingerprint density at radius 1 is 1.19 bits per heavy atom. The average molecular weight is 630 g/mol. The van der Waals surface area contributed by atoms with Gasteiger partial charge in [-0.1, -0.05) is 6.08 Å². The van der Waals surface area contributed by atoms with E-state index in [1.807, 2.05) is 4.57 Å². The number of rotatable bonds is 8. The Morgan fingerprint density at radius 3 is 2.79 bits per heavy atom. The summed E-state index contributed by atoms with van der Waals surface area (Å²) >= 11 is 0.819. The van der Waals surface area contributed by atoms with Crippen molar-refractivity contribution in [2.45, 2.75) is 42.4 Å². The van der Waals surface area contributed by atoms with E-state index in [1.54, 1.807) is 18.5 Å². The van der Waals surface area contributed by atoms with Gasteiger partial charge in [0, 0.05) is 18.4 Å². The number of halogens is 2. The van der Waals surface area contributed by atoms with Crippen LogP contribution in [0.4, 0.5) is 26.0 Å². The molecule has 5 heterocycles. The molecule has 0 bridgehead atoms. The summed E-state index contributed by atoms with van der Waals surface area (Å²) in [5, 5.41) is 12.2. The van der Waals surface area contributed by atoms with Crippen molar-refractivity contribution < 1.29 is 31.8 Å². The van der Waals surface area contributed by atoms with Gasteiger partial charge in [-0.3, -0.25) is 14.1 Å². The number of anilines is 3. The zero-order valence-electron chi connectivity index (χ0n) is 22.6. The smallest absolute Gasteiger partial charge is 0.319 e. The molecule has 0 amide bonds. The van der Waals surface area contributed by atoms with Gasteiger partial charge in [-0.15, -0.1) is 11.8 Å². The van der Waals surface area contributed by atoms with Crippen molar-refractivity contribution in [2.24, 2.45) is 0 Å². The standard InChI is InChI=1S/C27H25F2N7O5S2/c1-27(9-12-42-23(27)26(37)38)43(39,40)35-17-8-7-16(28)21(19(17)29)34-24-15(5-4-10-30-24)20-22-25(32-13-31-20)36(14-33-22)18-6-2-3-11-41-18/h4-5,7-10,12-14,18,23,35H,2-3,6,11H2,1H3,(H,30,34)(H,37,38). The Kier molecular flexibility index (Phi) is 7.52. The number of imidazole rings is 1. The number of thioether (sulfide) groups is 1. The Hall–Kier alpha value is -4.15. The van der Waals surface area contributed by atoms with Crippen molar-refractivity contribution in [2.75, 3.05) is 16.6 Å². The normalized spacial score (nSPS) is 22.1. The van der Waals surface area contributed by atoms with E-state index in [4.69, 9.17) is 4.74 Å². The number of sulfonamides is 1. The number of aromatic nitrogens is 5. The first kappa shape index (κ1) is 28.9. The van der Waals surface area contributed by atoms with Crippen molar-refractivity contribution in [3.05, 3.63) is 66.2 Å². The molecule has 224 valence electrons. The number of pyridine rings is 1. The molecule has 0 aliphatic carbocycles. The Bertz CT molecular complexity index is 1860. The average Bonchev–Trinajstić information content (AvgIpc) is 3.62. The van der Waals surface area contributed by atoms with Crippen molar-refractivity contribution in [3.8, 4) is 11.3 Å². The lowest BCUT2D eigenvalue weighted by molar-refractivity contribution is -0.136. The number of hydrogen-bond acceptors (Lipinski definition) is 10. The minimum Gasteiger partial charge on any atom is -0.480 e. The largest absolute Gasteiger partial charge is 0.480 e. The predicted octanol–water partition coefficient (Wildman–Crippen LogP) is 4.82. The monoisotopic (exact) mass is 629 g/mol. The molecule has 0 saturated carbocycles. The second-order valence-corrected chi connectivity index (χ2v) is 13.2. The van der Waals surface area contributed by atoms with E-state index in [9.17, 15) is 18.3 Å². The Labute approximate surface area is 248 Å². The second kappa shape index (κ2) is 11.2. The van der Waals surface area contributed by atoms with Crippen LogP contribution in [0.1, 0.15) is 32.4 Å². The van der Waals surface area contributed by atoms with Gasteiger partial charge in [0.25, 0.3) is 0 Å².